The Balaban J connectivity index is 1.89. The molecule has 1 aromatic carbocycles. The molecule has 1 heterocycles. The fourth-order valence-electron chi connectivity index (χ4n) is 2.67. The summed E-state index contributed by atoms with van der Waals surface area (Å²) in [7, 11) is 1.32. The Morgan fingerprint density at radius 1 is 1.33 bits per heavy atom. The number of benzene rings is 1. The highest BCUT2D eigenvalue weighted by Gasteiger charge is 2.37. The first-order valence-electron chi connectivity index (χ1n) is 9.12. The van der Waals surface area contributed by atoms with E-state index in [-0.39, 0.29) is 47.8 Å². The zero-order chi connectivity index (χ0) is 21.9. The maximum absolute atomic E-state index is 14.2. The molecule has 1 saturated carbocycles. The van der Waals surface area contributed by atoms with E-state index in [4.69, 9.17) is 5.41 Å². The van der Waals surface area contributed by atoms with Crippen molar-refractivity contribution < 1.29 is 22.3 Å². The maximum atomic E-state index is 14.2. The fourth-order valence-corrected chi connectivity index (χ4v) is 2.67. The van der Waals surface area contributed by atoms with Crippen molar-refractivity contribution in [3.8, 4) is 0 Å². The summed E-state index contributed by atoms with van der Waals surface area (Å²) in [5.41, 5.74) is -0.652. The molecule has 12 heteroatoms. The third kappa shape index (κ3) is 5.19. The molecular weight excluding hydrogens is 406 g/mol. The van der Waals surface area contributed by atoms with Crippen molar-refractivity contribution in [1.29, 1.82) is 5.41 Å². The fraction of sp³-hybridized carbons (Fsp3) is 0.389. The van der Waals surface area contributed by atoms with E-state index in [2.05, 4.69) is 25.9 Å². The molecule has 0 spiro atoms. The number of anilines is 4. The summed E-state index contributed by atoms with van der Waals surface area (Å²) in [6, 6.07) is 2.40. The standard InChI is InChI=1S/C18H20F4N7O/c1-29(30)7-6-24-15-11(8-23)14(5-4-13(15)19)27-17-25-9-12(18(20,21)22)16(28-17)26-10-2-3-10/h4-5,8-10,23-24H,2-3,6-7H2,1H3,(H2,25,26,27,28)/q+1. The normalized spacial score (nSPS) is 13.6. The van der Waals surface area contributed by atoms with Gasteiger partial charge in [0.2, 0.25) is 12.5 Å². The van der Waals surface area contributed by atoms with Gasteiger partial charge in [-0.3, -0.25) is 0 Å². The molecule has 30 heavy (non-hydrogen) atoms. The van der Waals surface area contributed by atoms with Crippen molar-refractivity contribution in [2.75, 3.05) is 36.1 Å². The van der Waals surface area contributed by atoms with Crippen molar-refractivity contribution in [3.05, 3.63) is 40.2 Å². The Morgan fingerprint density at radius 2 is 2.07 bits per heavy atom. The molecule has 0 amide bonds. The molecule has 1 fully saturated rings. The number of halogens is 4. The second-order valence-electron chi connectivity index (χ2n) is 6.80. The van der Waals surface area contributed by atoms with Crippen molar-refractivity contribution >= 4 is 29.4 Å². The summed E-state index contributed by atoms with van der Waals surface area (Å²) >= 11 is 0. The minimum absolute atomic E-state index is 0.0138. The number of hydrogen-bond acceptors (Lipinski definition) is 7. The molecule has 1 aromatic heterocycles. The van der Waals surface area contributed by atoms with Crippen LogP contribution < -0.4 is 16.0 Å². The SMILES string of the molecule is C[N+](=O)CCNc1c(F)ccc(Nc2ncc(C(F)(F)F)c(NC3CC3)n2)c1C=N. The molecule has 1 aliphatic carbocycles. The van der Waals surface area contributed by atoms with Crippen LogP contribution in [0.5, 0.6) is 0 Å². The van der Waals surface area contributed by atoms with Gasteiger partial charge in [0.05, 0.1) is 17.9 Å². The van der Waals surface area contributed by atoms with Crippen LogP contribution in [0.15, 0.2) is 18.3 Å². The lowest BCUT2D eigenvalue weighted by molar-refractivity contribution is -0.515. The van der Waals surface area contributed by atoms with Crippen LogP contribution in [0.1, 0.15) is 24.0 Å². The average molecular weight is 426 g/mol. The van der Waals surface area contributed by atoms with E-state index in [1.165, 1.54) is 13.1 Å². The molecule has 160 valence electrons. The third-order valence-electron chi connectivity index (χ3n) is 4.33. The van der Waals surface area contributed by atoms with Crippen molar-refractivity contribution in [3.63, 3.8) is 0 Å². The highest BCUT2D eigenvalue weighted by Crippen LogP contribution is 2.36. The van der Waals surface area contributed by atoms with Crippen LogP contribution in [0.3, 0.4) is 0 Å². The summed E-state index contributed by atoms with van der Waals surface area (Å²) in [5.74, 6) is -1.11. The van der Waals surface area contributed by atoms with Crippen LogP contribution in [0, 0.1) is 16.1 Å². The van der Waals surface area contributed by atoms with Gasteiger partial charge in [-0.25, -0.2) is 9.37 Å². The summed E-state index contributed by atoms with van der Waals surface area (Å²) in [4.78, 5) is 18.7. The molecule has 0 unspecified atom stereocenters. The molecular formula is C18H20F4N7O+. The number of nitrogens with one attached hydrogen (secondary N) is 4. The topological polar surface area (TPSA) is 106 Å². The van der Waals surface area contributed by atoms with Crippen LogP contribution in [0.4, 0.5) is 40.7 Å². The van der Waals surface area contributed by atoms with E-state index in [0.29, 0.717) is 11.0 Å². The summed E-state index contributed by atoms with van der Waals surface area (Å²) in [5, 5.41) is 15.9. The molecule has 2 aromatic rings. The van der Waals surface area contributed by atoms with E-state index >= 15 is 0 Å². The lowest BCUT2D eigenvalue weighted by atomic mass is 10.1. The monoisotopic (exact) mass is 426 g/mol. The van der Waals surface area contributed by atoms with Gasteiger partial charge < -0.3 is 21.4 Å². The predicted octanol–water partition coefficient (Wildman–Crippen LogP) is 3.77. The molecule has 3 rings (SSSR count). The Morgan fingerprint density at radius 3 is 2.67 bits per heavy atom. The minimum atomic E-state index is -4.61. The van der Waals surface area contributed by atoms with Gasteiger partial charge in [0.25, 0.3) is 0 Å². The predicted molar refractivity (Wildman–Crippen MR) is 104 cm³/mol. The lowest BCUT2D eigenvalue weighted by Gasteiger charge is -2.16. The molecule has 0 saturated heterocycles. The first kappa shape index (κ1) is 21.4. The third-order valence-corrected chi connectivity index (χ3v) is 4.33. The van der Waals surface area contributed by atoms with Crippen LogP contribution in [-0.2, 0) is 6.18 Å². The Bertz CT molecular complexity index is 960. The average Bonchev–Trinajstić information content (AvgIpc) is 3.47. The number of hydrogen-bond donors (Lipinski definition) is 4. The Labute approximate surface area is 169 Å². The highest BCUT2D eigenvalue weighted by atomic mass is 19.4. The molecule has 0 radical (unpaired) electrons. The second-order valence-corrected chi connectivity index (χ2v) is 6.80. The number of alkyl halides is 3. The molecule has 0 aliphatic heterocycles. The number of likely N-dealkylation sites (N-methyl/N-ethyl adjacent to an activating group) is 1. The van der Waals surface area contributed by atoms with Crippen LogP contribution in [-0.4, -0.2) is 47.1 Å². The Hall–Kier alpha value is -3.31. The van der Waals surface area contributed by atoms with Gasteiger partial charge in [-0.1, -0.05) is 0 Å². The molecule has 8 nitrogen and oxygen atoms in total. The van der Waals surface area contributed by atoms with Crippen molar-refractivity contribution in [2.24, 2.45) is 0 Å². The molecule has 0 atom stereocenters. The van der Waals surface area contributed by atoms with Crippen molar-refractivity contribution in [1.82, 2.24) is 9.97 Å². The maximum Gasteiger partial charge on any atom is 0.421 e. The van der Waals surface area contributed by atoms with E-state index in [0.717, 1.165) is 25.1 Å². The highest BCUT2D eigenvalue weighted by molar-refractivity contribution is 5.94. The number of rotatable bonds is 9. The van der Waals surface area contributed by atoms with Crippen LogP contribution >= 0.6 is 0 Å². The lowest BCUT2D eigenvalue weighted by Crippen LogP contribution is -2.17. The zero-order valence-electron chi connectivity index (χ0n) is 16.0. The summed E-state index contributed by atoms with van der Waals surface area (Å²) < 4.78 is 54.6. The number of aromatic nitrogens is 2. The molecule has 4 N–H and O–H groups in total. The van der Waals surface area contributed by atoms with Gasteiger partial charge in [-0.05, 0) is 29.7 Å². The number of nitrogens with zero attached hydrogens (tertiary/aromatic N) is 3. The summed E-state index contributed by atoms with van der Waals surface area (Å²) in [6.07, 6.45) is -1.53. The number of nitroso groups, excluding NO2 is 1. The van der Waals surface area contributed by atoms with Gasteiger partial charge in [0.15, 0.2) is 7.05 Å². The van der Waals surface area contributed by atoms with E-state index in [1.807, 2.05) is 0 Å². The zero-order valence-corrected chi connectivity index (χ0v) is 16.0. The molecule has 1 aliphatic rings. The van der Waals surface area contributed by atoms with E-state index in [1.54, 1.807) is 0 Å². The minimum Gasteiger partial charge on any atom is -0.376 e. The first-order valence-corrected chi connectivity index (χ1v) is 9.12. The van der Waals surface area contributed by atoms with Gasteiger partial charge in [-0.15, -0.1) is 0 Å². The van der Waals surface area contributed by atoms with Gasteiger partial charge in [0, 0.05) is 28.9 Å². The van der Waals surface area contributed by atoms with Gasteiger partial charge in [0.1, 0.15) is 17.2 Å². The van der Waals surface area contributed by atoms with E-state index in [9.17, 15) is 22.5 Å². The second kappa shape index (κ2) is 8.59. The van der Waals surface area contributed by atoms with Crippen LogP contribution in [0.2, 0.25) is 0 Å². The quantitative estimate of drug-likeness (QED) is 0.276. The van der Waals surface area contributed by atoms with Gasteiger partial charge >= 0.3 is 6.18 Å². The largest absolute Gasteiger partial charge is 0.421 e. The van der Waals surface area contributed by atoms with E-state index < -0.39 is 17.6 Å². The smallest absolute Gasteiger partial charge is 0.376 e. The van der Waals surface area contributed by atoms with Crippen LogP contribution in [0.25, 0.3) is 0 Å². The first-order chi connectivity index (χ1) is 14.2. The van der Waals surface area contributed by atoms with Gasteiger partial charge in [-0.2, -0.15) is 18.2 Å². The van der Waals surface area contributed by atoms with Crippen molar-refractivity contribution in [2.45, 2.75) is 25.1 Å². The summed E-state index contributed by atoms with van der Waals surface area (Å²) in [6.45, 7) is 0.222. The Kier molecular flexibility index (Phi) is 6.13. The molecule has 0 bridgehead atoms.